The van der Waals surface area contributed by atoms with Crippen LogP contribution >= 0.6 is 0 Å². The lowest BCUT2D eigenvalue weighted by Crippen LogP contribution is -2.52. The SMILES string of the molecule is COc1cc(C(=O)N2CCc3cnc(N4CCN(C5CCC5)CC4)nc3CC2)cc(OC)c1OC. The maximum Gasteiger partial charge on any atom is 0.254 e. The minimum atomic E-state index is -0.0580. The van der Waals surface area contributed by atoms with E-state index in [1.54, 1.807) is 33.5 Å². The van der Waals surface area contributed by atoms with Crippen LogP contribution in [0.3, 0.4) is 0 Å². The van der Waals surface area contributed by atoms with E-state index in [4.69, 9.17) is 24.2 Å². The normalized spacial score (nSPS) is 18.9. The summed E-state index contributed by atoms with van der Waals surface area (Å²) in [6.07, 6.45) is 7.48. The molecule has 1 aromatic carbocycles. The zero-order valence-corrected chi connectivity index (χ0v) is 21.0. The highest BCUT2D eigenvalue weighted by atomic mass is 16.5. The highest BCUT2D eigenvalue weighted by Gasteiger charge is 2.29. The van der Waals surface area contributed by atoms with Crippen molar-refractivity contribution in [3.8, 4) is 17.2 Å². The lowest BCUT2D eigenvalue weighted by molar-refractivity contribution is 0.0762. The second-order valence-electron chi connectivity index (χ2n) is 9.46. The van der Waals surface area contributed by atoms with Crippen molar-refractivity contribution in [1.29, 1.82) is 0 Å². The fraction of sp³-hybridized carbons (Fsp3) is 0.577. The maximum absolute atomic E-state index is 13.4. The first kappa shape index (κ1) is 23.7. The number of aromatic nitrogens is 2. The predicted molar refractivity (Wildman–Crippen MR) is 133 cm³/mol. The smallest absolute Gasteiger partial charge is 0.254 e. The summed E-state index contributed by atoms with van der Waals surface area (Å²) >= 11 is 0. The molecule has 1 amide bonds. The van der Waals surface area contributed by atoms with Crippen molar-refractivity contribution in [2.24, 2.45) is 0 Å². The van der Waals surface area contributed by atoms with Crippen molar-refractivity contribution >= 4 is 11.9 Å². The number of nitrogens with zero attached hydrogens (tertiary/aromatic N) is 5. The molecule has 0 unspecified atom stereocenters. The third-order valence-corrected chi connectivity index (χ3v) is 7.60. The molecule has 1 saturated carbocycles. The number of rotatable bonds is 6. The Morgan fingerprint density at radius 3 is 2.20 bits per heavy atom. The molecular weight excluding hydrogens is 446 g/mol. The molecule has 9 heteroatoms. The quantitative estimate of drug-likeness (QED) is 0.623. The van der Waals surface area contributed by atoms with Gasteiger partial charge in [0.25, 0.3) is 5.91 Å². The molecule has 1 aromatic heterocycles. The number of methoxy groups -OCH3 is 3. The Labute approximate surface area is 207 Å². The molecule has 35 heavy (non-hydrogen) atoms. The molecule has 2 aromatic rings. The van der Waals surface area contributed by atoms with Crippen LogP contribution in [0.4, 0.5) is 5.95 Å². The number of ether oxygens (including phenoxy) is 3. The van der Waals surface area contributed by atoms with Gasteiger partial charge in [0.15, 0.2) is 11.5 Å². The highest BCUT2D eigenvalue weighted by molar-refractivity contribution is 5.95. The van der Waals surface area contributed by atoms with Crippen LogP contribution in [-0.4, -0.2) is 92.3 Å². The van der Waals surface area contributed by atoms with E-state index < -0.39 is 0 Å². The van der Waals surface area contributed by atoms with Crippen molar-refractivity contribution in [3.63, 3.8) is 0 Å². The number of benzene rings is 1. The minimum Gasteiger partial charge on any atom is -0.493 e. The van der Waals surface area contributed by atoms with Gasteiger partial charge in [0, 0.05) is 63.5 Å². The van der Waals surface area contributed by atoms with Gasteiger partial charge in [-0.15, -0.1) is 0 Å². The molecule has 0 radical (unpaired) electrons. The van der Waals surface area contributed by atoms with Crippen molar-refractivity contribution in [1.82, 2.24) is 19.8 Å². The number of fused-ring (bicyclic) bond motifs is 1. The van der Waals surface area contributed by atoms with Crippen LogP contribution in [0.25, 0.3) is 0 Å². The average molecular weight is 482 g/mol. The summed E-state index contributed by atoms with van der Waals surface area (Å²) in [6.45, 7) is 5.34. The number of carbonyl (C=O) groups is 1. The molecule has 0 atom stereocenters. The largest absolute Gasteiger partial charge is 0.493 e. The molecule has 0 N–H and O–H groups in total. The summed E-state index contributed by atoms with van der Waals surface area (Å²) < 4.78 is 16.3. The van der Waals surface area contributed by atoms with Crippen molar-refractivity contribution in [3.05, 3.63) is 35.2 Å². The van der Waals surface area contributed by atoms with Gasteiger partial charge >= 0.3 is 0 Å². The van der Waals surface area contributed by atoms with E-state index in [0.717, 1.165) is 55.8 Å². The lowest BCUT2D eigenvalue weighted by atomic mass is 9.91. The summed E-state index contributed by atoms with van der Waals surface area (Å²) in [5.41, 5.74) is 2.69. The first-order valence-corrected chi connectivity index (χ1v) is 12.5. The Balaban J connectivity index is 1.26. The van der Waals surface area contributed by atoms with Gasteiger partial charge in [0.1, 0.15) is 0 Å². The second-order valence-corrected chi connectivity index (χ2v) is 9.46. The van der Waals surface area contributed by atoms with Crippen molar-refractivity contribution < 1.29 is 19.0 Å². The highest BCUT2D eigenvalue weighted by Crippen LogP contribution is 2.38. The number of amides is 1. The number of piperazine rings is 1. The number of anilines is 1. The fourth-order valence-electron chi connectivity index (χ4n) is 5.25. The van der Waals surface area contributed by atoms with Crippen LogP contribution in [0.1, 0.15) is 40.9 Å². The monoisotopic (exact) mass is 481 g/mol. The molecule has 3 heterocycles. The Kier molecular flexibility index (Phi) is 6.95. The Morgan fingerprint density at radius 1 is 0.914 bits per heavy atom. The van der Waals surface area contributed by atoms with Crippen LogP contribution in [0, 0.1) is 0 Å². The first-order valence-electron chi connectivity index (χ1n) is 12.5. The molecule has 5 rings (SSSR count). The van der Waals surface area contributed by atoms with Crippen LogP contribution in [0.15, 0.2) is 18.3 Å². The molecule has 2 aliphatic heterocycles. The molecule has 188 valence electrons. The van der Waals surface area contributed by atoms with Gasteiger partial charge in [-0.1, -0.05) is 6.42 Å². The first-order chi connectivity index (χ1) is 17.1. The van der Waals surface area contributed by atoms with Gasteiger partial charge in [0.05, 0.1) is 27.0 Å². The molecule has 9 nitrogen and oxygen atoms in total. The molecule has 2 fully saturated rings. The van der Waals surface area contributed by atoms with Crippen LogP contribution in [0.2, 0.25) is 0 Å². The standard InChI is InChI=1S/C26H35N5O4/c1-33-22-15-19(16-23(34-2)24(22)35-3)25(32)30-9-7-18-17-27-26(28-21(18)8-10-30)31-13-11-29(12-14-31)20-5-4-6-20/h15-17,20H,4-14H2,1-3H3. The van der Waals surface area contributed by atoms with Gasteiger partial charge in [-0.2, -0.15) is 0 Å². The zero-order valence-electron chi connectivity index (χ0n) is 21.0. The van der Waals surface area contributed by atoms with E-state index in [1.807, 2.05) is 11.1 Å². The summed E-state index contributed by atoms with van der Waals surface area (Å²) in [5.74, 6) is 2.19. The lowest BCUT2D eigenvalue weighted by Gasteiger charge is -2.43. The molecule has 1 aliphatic carbocycles. The van der Waals surface area contributed by atoms with E-state index >= 15 is 0 Å². The third kappa shape index (κ3) is 4.74. The molecule has 3 aliphatic rings. The summed E-state index contributed by atoms with van der Waals surface area (Å²) in [4.78, 5) is 29.8. The van der Waals surface area contributed by atoms with Gasteiger partial charge in [0.2, 0.25) is 11.7 Å². The summed E-state index contributed by atoms with van der Waals surface area (Å²) in [5, 5.41) is 0. The Hall–Kier alpha value is -3.07. The van der Waals surface area contributed by atoms with Gasteiger partial charge < -0.3 is 24.0 Å². The van der Waals surface area contributed by atoms with Crippen LogP contribution in [0.5, 0.6) is 17.2 Å². The average Bonchev–Trinajstić information content (AvgIpc) is 3.09. The van der Waals surface area contributed by atoms with E-state index in [2.05, 4.69) is 9.80 Å². The summed E-state index contributed by atoms with van der Waals surface area (Å²) in [7, 11) is 4.66. The third-order valence-electron chi connectivity index (χ3n) is 7.60. The maximum atomic E-state index is 13.4. The number of hydrogen-bond donors (Lipinski definition) is 0. The van der Waals surface area contributed by atoms with Crippen molar-refractivity contribution in [2.75, 3.05) is 65.5 Å². The molecule has 0 spiro atoms. The number of carbonyl (C=O) groups excluding carboxylic acids is 1. The van der Waals surface area contributed by atoms with E-state index in [9.17, 15) is 4.79 Å². The van der Waals surface area contributed by atoms with Gasteiger partial charge in [-0.3, -0.25) is 9.69 Å². The van der Waals surface area contributed by atoms with Gasteiger partial charge in [-0.25, -0.2) is 9.97 Å². The van der Waals surface area contributed by atoms with Gasteiger partial charge in [-0.05, 0) is 37.0 Å². The van der Waals surface area contributed by atoms with Crippen molar-refractivity contribution in [2.45, 2.75) is 38.1 Å². The fourth-order valence-corrected chi connectivity index (χ4v) is 5.25. The van der Waals surface area contributed by atoms with E-state index in [-0.39, 0.29) is 5.91 Å². The van der Waals surface area contributed by atoms with Crippen LogP contribution in [-0.2, 0) is 12.8 Å². The van der Waals surface area contributed by atoms with Crippen LogP contribution < -0.4 is 19.1 Å². The Morgan fingerprint density at radius 2 is 1.60 bits per heavy atom. The predicted octanol–water partition coefficient (Wildman–Crippen LogP) is 2.42. The molecule has 0 bridgehead atoms. The topological polar surface area (TPSA) is 80.3 Å². The summed E-state index contributed by atoms with van der Waals surface area (Å²) in [6, 6.07) is 4.21. The molecular formula is C26H35N5O4. The van der Waals surface area contributed by atoms with E-state index in [1.165, 1.54) is 19.3 Å². The minimum absolute atomic E-state index is 0.0580. The zero-order chi connectivity index (χ0) is 24.4. The molecule has 1 saturated heterocycles. The second kappa shape index (κ2) is 10.3. The Bertz CT molecular complexity index is 1040. The number of hydrogen-bond acceptors (Lipinski definition) is 8. The van der Waals surface area contributed by atoms with E-state index in [0.29, 0.717) is 42.3 Å².